The van der Waals surface area contributed by atoms with Crippen LogP contribution in [0.2, 0.25) is 0 Å². The lowest BCUT2D eigenvalue weighted by atomic mass is 9.63. The van der Waals surface area contributed by atoms with Gasteiger partial charge in [0.2, 0.25) is 0 Å². The first-order valence-electron chi connectivity index (χ1n) is 11.2. The number of hydrogen-bond donors (Lipinski definition) is 1. The summed E-state index contributed by atoms with van der Waals surface area (Å²) in [5.74, 6) is 0.897. The zero-order chi connectivity index (χ0) is 22.3. The molecule has 0 aliphatic carbocycles. The summed E-state index contributed by atoms with van der Waals surface area (Å²) in [7, 11) is 0. The van der Waals surface area contributed by atoms with Crippen LogP contribution in [-0.4, -0.2) is 25.4 Å². The van der Waals surface area contributed by atoms with E-state index >= 15 is 0 Å². The third-order valence-electron chi connectivity index (χ3n) is 6.73. The second-order valence-corrected chi connectivity index (χ2v) is 10.0. The summed E-state index contributed by atoms with van der Waals surface area (Å²) >= 11 is 0. The van der Waals surface area contributed by atoms with E-state index in [1.807, 2.05) is 6.07 Å². The van der Waals surface area contributed by atoms with Crippen LogP contribution in [0.25, 0.3) is 0 Å². The van der Waals surface area contributed by atoms with Crippen LogP contribution < -0.4 is 10.1 Å². The van der Waals surface area contributed by atoms with Gasteiger partial charge in [-0.15, -0.1) is 0 Å². The van der Waals surface area contributed by atoms with Crippen molar-refractivity contribution in [2.75, 3.05) is 19.8 Å². The fourth-order valence-corrected chi connectivity index (χ4v) is 3.33. The van der Waals surface area contributed by atoms with Gasteiger partial charge in [0.15, 0.2) is 0 Å². The molecule has 30 heavy (non-hydrogen) atoms. The van der Waals surface area contributed by atoms with Crippen LogP contribution >= 0.6 is 0 Å². The minimum atomic E-state index is -0.0881. The number of hydrogen-bond acceptors (Lipinski definition) is 3. The van der Waals surface area contributed by atoms with Gasteiger partial charge < -0.3 is 14.8 Å². The molecule has 0 bridgehead atoms. The van der Waals surface area contributed by atoms with E-state index < -0.39 is 0 Å². The minimum Gasteiger partial charge on any atom is -0.491 e. The molecule has 0 aromatic heterocycles. The number of ether oxygens (including phenoxy) is 2. The molecule has 0 atom stereocenters. The van der Waals surface area contributed by atoms with E-state index in [1.54, 1.807) is 0 Å². The van der Waals surface area contributed by atoms with Gasteiger partial charge in [-0.05, 0) is 47.9 Å². The standard InChI is InChI=1S/C27H41NO2/c1-8-25(2,3)27(6,7)23-14-16-24(17-15-23)30-19-18-29-21-26(4,5)28-20-22-12-10-9-11-13-22/h9-17,28H,8,18-21H2,1-7H3. The molecule has 2 aromatic rings. The van der Waals surface area contributed by atoms with E-state index in [1.165, 1.54) is 11.1 Å². The van der Waals surface area contributed by atoms with Gasteiger partial charge in [-0.2, -0.15) is 0 Å². The molecule has 0 saturated heterocycles. The Morgan fingerprint density at radius 1 is 0.800 bits per heavy atom. The molecule has 1 N–H and O–H groups in total. The predicted octanol–water partition coefficient (Wildman–Crippen LogP) is 6.36. The molecule has 3 nitrogen and oxygen atoms in total. The van der Waals surface area contributed by atoms with Gasteiger partial charge in [-0.25, -0.2) is 0 Å². The highest BCUT2D eigenvalue weighted by Crippen LogP contribution is 2.43. The molecule has 2 rings (SSSR count). The molecule has 3 heteroatoms. The molecule has 0 aliphatic heterocycles. The van der Waals surface area contributed by atoms with Crippen LogP contribution in [-0.2, 0) is 16.7 Å². The van der Waals surface area contributed by atoms with Gasteiger partial charge in [0, 0.05) is 12.1 Å². The van der Waals surface area contributed by atoms with Gasteiger partial charge in [0.05, 0.1) is 13.2 Å². The summed E-state index contributed by atoms with van der Waals surface area (Å²) in [6, 6.07) is 19.0. The number of nitrogens with one attached hydrogen (secondary N) is 1. The molecule has 0 unspecified atom stereocenters. The molecule has 0 saturated carbocycles. The summed E-state index contributed by atoms with van der Waals surface area (Å²) in [6.07, 6.45) is 1.14. The zero-order valence-corrected chi connectivity index (χ0v) is 20.0. The van der Waals surface area contributed by atoms with Gasteiger partial charge in [-0.3, -0.25) is 0 Å². The zero-order valence-electron chi connectivity index (χ0n) is 20.0. The van der Waals surface area contributed by atoms with E-state index in [-0.39, 0.29) is 16.4 Å². The molecule has 166 valence electrons. The van der Waals surface area contributed by atoms with Gasteiger partial charge in [0.25, 0.3) is 0 Å². The monoisotopic (exact) mass is 411 g/mol. The molecule has 0 radical (unpaired) electrons. The van der Waals surface area contributed by atoms with Crippen molar-refractivity contribution in [2.45, 2.75) is 72.4 Å². The minimum absolute atomic E-state index is 0.0881. The van der Waals surface area contributed by atoms with Gasteiger partial charge >= 0.3 is 0 Å². The molecule has 2 aromatic carbocycles. The molecular formula is C27H41NO2. The lowest BCUT2D eigenvalue weighted by Gasteiger charge is -2.42. The Labute approximate surface area is 184 Å². The third kappa shape index (κ3) is 6.85. The Hall–Kier alpha value is -1.84. The number of rotatable bonds is 12. The second-order valence-electron chi connectivity index (χ2n) is 10.0. The maximum Gasteiger partial charge on any atom is 0.119 e. The third-order valence-corrected chi connectivity index (χ3v) is 6.73. The molecule has 0 heterocycles. The Bertz CT molecular complexity index is 748. The maximum absolute atomic E-state index is 5.88. The van der Waals surface area contributed by atoms with Crippen LogP contribution in [0.4, 0.5) is 0 Å². The smallest absolute Gasteiger partial charge is 0.119 e. The lowest BCUT2D eigenvalue weighted by molar-refractivity contribution is 0.0605. The highest BCUT2D eigenvalue weighted by Gasteiger charge is 2.36. The molecule has 0 amide bonds. The van der Waals surface area contributed by atoms with Crippen LogP contribution in [0.3, 0.4) is 0 Å². The fraction of sp³-hybridized carbons (Fsp3) is 0.556. The molecule has 0 aliphatic rings. The summed E-state index contributed by atoms with van der Waals surface area (Å²) < 4.78 is 11.7. The molecule has 0 spiro atoms. The Morgan fingerprint density at radius 3 is 2.03 bits per heavy atom. The van der Waals surface area contributed by atoms with Crippen molar-refractivity contribution >= 4 is 0 Å². The fourth-order valence-electron chi connectivity index (χ4n) is 3.33. The second kappa shape index (κ2) is 10.5. The average molecular weight is 412 g/mol. The van der Waals surface area contributed by atoms with Crippen molar-refractivity contribution in [3.05, 3.63) is 65.7 Å². The first-order chi connectivity index (χ1) is 14.1. The van der Waals surface area contributed by atoms with Crippen LogP contribution in [0.5, 0.6) is 5.75 Å². The van der Waals surface area contributed by atoms with E-state index in [0.717, 1.165) is 18.7 Å². The highest BCUT2D eigenvalue weighted by atomic mass is 16.5. The van der Waals surface area contributed by atoms with Crippen LogP contribution in [0.15, 0.2) is 54.6 Å². The van der Waals surface area contributed by atoms with Crippen molar-refractivity contribution < 1.29 is 9.47 Å². The quantitative estimate of drug-likeness (QED) is 0.412. The van der Waals surface area contributed by atoms with Gasteiger partial charge in [0.1, 0.15) is 12.4 Å². The lowest BCUT2D eigenvalue weighted by Crippen LogP contribution is -2.43. The summed E-state index contributed by atoms with van der Waals surface area (Å²) in [5, 5.41) is 3.56. The van der Waals surface area contributed by atoms with E-state index in [4.69, 9.17) is 9.47 Å². The first kappa shape index (κ1) is 24.4. The van der Waals surface area contributed by atoms with E-state index in [2.05, 4.69) is 102 Å². The van der Waals surface area contributed by atoms with Crippen molar-refractivity contribution in [2.24, 2.45) is 5.41 Å². The number of benzene rings is 2. The van der Waals surface area contributed by atoms with E-state index in [9.17, 15) is 0 Å². The Morgan fingerprint density at radius 2 is 1.43 bits per heavy atom. The highest BCUT2D eigenvalue weighted by molar-refractivity contribution is 5.33. The molecule has 0 fully saturated rings. The van der Waals surface area contributed by atoms with Crippen LogP contribution in [0.1, 0.15) is 66.0 Å². The topological polar surface area (TPSA) is 30.5 Å². The molecular weight excluding hydrogens is 370 g/mol. The van der Waals surface area contributed by atoms with Crippen molar-refractivity contribution in [3.8, 4) is 5.75 Å². The summed E-state index contributed by atoms with van der Waals surface area (Å²) in [4.78, 5) is 0. The van der Waals surface area contributed by atoms with Gasteiger partial charge in [-0.1, -0.05) is 83.5 Å². The Balaban J connectivity index is 1.72. The predicted molar refractivity (Wildman–Crippen MR) is 127 cm³/mol. The SMILES string of the molecule is CCC(C)(C)C(C)(C)c1ccc(OCCOCC(C)(C)NCc2ccccc2)cc1. The Kier molecular flexibility index (Phi) is 8.52. The average Bonchev–Trinajstić information content (AvgIpc) is 2.73. The van der Waals surface area contributed by atoms with E-state index in [0.29, 0.717) is 19.8 Å². The largest absolute Gasteiger partial charge is 0.491 e. The van der Waals surface area contributed by atoms with Crippen molar-refractivity contribution in [1.29, 1.82) is 0 Å². The summed E-state index contributed by atoms with van der Waals surface area (Å²) in [6.45, 7) is 18.5. The van der Waals surface area contributed by atoms with Crippen molar-refractivity contribution in [1.82, 2.24) is 5.32 Å². The van der Waals surface area contributed by atoms with Crippen molar-refractivity contribution in [3.63, 3.8) is 0 Å². The van der Waals surface area contributed by atoms with Crippen LogP contribution in [0, 0.1) is 5.41 Å². The first-order valence-corrected chi connectivity index (χ1v) is 11.2. The maximum atomic E-state index is 5.88. The summed E-state index contributed by atoms with van der Waals surface area (Å²) in [5.41, 5.74) is 2.90. The normalized spacial score (nSPS) is 12.8.